The van der Waals surface area contributed by atoms with E-state index in [4.69, 9.17) is 4.74 Å². The standard InChI is InChI=1S/C13H10N2O4/c1-19-9-3-5-11-13(7-9)15(18)10-4-2-8(16)6-12(10)14(11)17/h2-7,16H,1H3. The zero-order valence-electron chi connectivity index (χ0n) is 10.0. The molecule has 0 aliphatic heterocycles. The smallest absolute Gasteiger partial charge is 0.294 e. The molecule has 0 radical (unpaired) electrons. The molecule has 0 spiro atoms. The molecule has 6 nitrogen and oxygen atoms in total. The summed E-state index contributed by atoms with van der Waals surface area (Å²) in [7, 11) is 1.49. The number of hydrogen-bond donors (Lipinski definition) is 1. The normalized spacial score (nSPS) is 11.0. The zero-order valence-corrected chi connectivity index (χ0v) is 10.0. The predicted molar refractivity (Wildman–Crippen MR) is 67.6 cm³/mol. The summed E-state index contributed by atoms with van der Waals surface area (Å²) in [6.07, 6.45) is 0. The van der Waals surface area contributed by atoms with Crippen LogP contribution in [0, 0.1) is 10.4 Å². The number of nitrogens with zero attached hydrogens (tertiary/aromatic N) is 2. The van der Waals surface area contributed by atoms with Crippen molar-refractivity contribution in [3.63, 3.8) is 0 Å². The molecule has 0 unspecified atom stereocenters. The Bertz CT molecular complexity index is 802. The summed E-state index contributed by atoms with van der Waals surface area (Å²) in [5.74, 6) is 0.431. The third-order valence-corrected chi connectivity index (χ3v) is 3.02. The highest BCUT2D eigenvalue weighted by molar-refractivity contribution is 5.78. The largest absolute Gasteiger partial charge is 0.617 e. The number of methoxy groups -OCH3 is 1. The van der Waals surface area contributed by atoms with Gasteiger partial charge in [0.2, 0.25) is 0 Å². The number of hydrogen-bond acceptors (Lipinski definition) is 4. The summed E-state index contributed by atoms with van der Waals surface area (Å²) in [6, 6.07) is 8.65. The highest BCUT2D eigenvalue weighted by atomic mass is 16.5. The lowest BCUT2D eigenvalue weighted by Crippen LogP contribution is -2.39. The molecule has 0 saturated heterocycles. The Morgan fingerprint density at radius 3 is 2.11 bits per heavy atom. The fraction of sp³-hybridized carbons (Fsp3) is 0.0769. The van der Waals surface area contributed by atoms with Crippen LogP contribution in [0.4, 0.5) is 0 Å². The molecular weight excluding hydrogens is 248 g/mol. The van der Waals surface area contributed by atoms with Crippen LogP contribution in [0.1, 0.15) is 0 Å². The van der Waals surface area contributed by atoms with E-state index < -0.39 is 0 Å². The number of aromatic hydroxyl groups is 1. The molecule has 0 saturated carbocycles. The van der Waals surface area contributed by atoms with Crippen molar-refractivity contribution in [2.24, 2.45) is 0 Å². The number of benzene rings is 2. The molecule has 0 aliphatic carbocycles. The van der Waals surface area contributed by atoms with Gasteiger partial charge in [0.15, 0.2) is 0 Å². The number of phenols is 1. The average Bonchev–Trinajstić information content (AvgIpc) is 2.44. The van der Waals surface area contributed by atoms with Gasteiger partial charge in [0.05, 0.1) is 19.2 Å². The van der Waals surface area contributed by atoms with Gasteiger partial charge in [-0.05, 0) is 12.1 Å². The van der Waals surface area contributed by atoms with E-state index in [1.54, 1.807) is 6.07 Å². The van der Waals surface area contributed by atoms with Crippen molar-refractivity contribution in [2.75, 3.05) is 7.11 Å². The lowest BCUT2D eigenvalue weighted by Gasteiger charge is -2.08. The van der Waals surface area contributed by atoms with Crippen LogP contribution in [0.15, 0.2) is 36.4 Å². The Kier molecular flexibility index (Phi) is 2.31. The Morgan fingerprint density at radius 1 is 0.895 bits per heavy atom. The first-order chi connectivity index (χ1) is 9.11. The van der Waals surface area contributed by atoms with E-state index >= 15 is 0 Å². The monoisotopic (exact) mass is 258 g/mol. The minimum absolute atomic E-state index is 0.0649. The van der Waals surface area contributed by atoms with Crippen LogP contribution in [-0.2, 0) is 0 Å². The maximum Gasteiger partial charge on any atom is 0.294 e. The molecule has 6 heteroatoms. The molecule has 0 fully saturated rings. The fourth-order valence-electron chi connectivity index (χ4n) is 2.07. The highest BCUT2D eigenvalue weighted by Crippen LogP contribution is 2.20. The first-order valence-corrected chi connectivity index (χ1v) is 5.57. The van der Waals surface area contributed by atoms with Crippen LogP contribution in [0.5, 0.6) is 11.5 Å². The molecule has 3 rings (SSSR count). The molecule has 0 aliphatic rings. The first-order valence-electron chi connectivity index (χ1n) is 5.57. The van der Waals surface area contributed by atoms with E-state index in [9.17, 15) is 15.5 Å². The maximum absolute atomic E-state index is 12.2. The molecule has 0 amide bonds. The van der Waals surface area contributed by atoms with Crippen LogP contribution in [-0.4, -0.2) is 12.2 Å². The molecule has 1 aromatic heterocycles. The van der Waals surface area contributed by atoms with E-state index in [0.717, 1.165) is 0 Å². The van der Waals surface area contributed by atoms with Crippen LogP contribution in [0.25, 0.3) is 22.1 Å². The Labute approximate surface area is 107 Å². The van der Waals surface area contributed by atoms with Gasteiger partial charge in [0.1, 0.15) is 11.5 Å². The van der Waals surface area contributed by atoms with Crippen LogP contribution in [0.2, 0.25) is 0 Å². The zero-order chi connectivity index (χ0) is 13.6. The lowest BCUT2D eigenvalue weighted by atomic mass is 10.2. The van der Waals surface area contributed by atoms with Crippen LogP contribution >= 0.6 is 0 Å². The molecule has 0 atom stereocenters. The first kappa shape index (κ1) is 11.3. The molecule has 1 heterocycles. The van der Waals surface area contributed by atoms with E-state index in [2.05, 4.69) is 0 Å². The third-order valence-electron chi connectivity index (χ3n) is 3.02. The van der Waals surface area contributed by atoms with Crippen molar-refractivity contribution >= 4 is 22.1 Å². The molecule has 0 bridgehead atoms. The number of fused-ring (bicyclic) bond motifs is 2. The van der Waals surface area contributed by atoms with E-state index in [1.165, 1.54) is 37.4 Å². The predicted octanol–water partition coefficient (Wildman–Crippen LogP) is 0.974. The number of rotatable bonds is 1. The minimum atomic E-state index is -0.0649. The molecule has 19 heavy (non-hydrogen) atoms. The van der Waals surface area contributed by atoms with Gasteiger partial charge >= 0.3 is 0 Å². The van der Waals surface area contributed by atoms with Gasteiger partial charge in [-0.15, -0.1) is 0 Å². The quantitative estimate of drug-likeness (QED) is 0.400. The molecule has 2 aromatic carbocycles. The van der Waals surface area contributed by atoms with Crippen molar-refractivity contribution in [3.05, 3.63) is 46.8 Å². The molecular formula is C13H10N2O4. The summed E-state index contributed by atoms with van der Waals surface area (Å²) in [4.78, 5) is 0. The average molecular weight is 258 g/mol. The molecule has 3 aromatic rings. The summed E-state index contributed by atoms with van der Waals surface area (Å²) >= 11 is 0. The van der Waals surface area contributed by atoms with Gasteiger partial charge in [-0.2, -0.15) is 9.46 Å². The highest BCUT2D eigenvalue weighted by Gasteiger charge is 2.21. The second-order valence-electron chi connectivity index (χ2n) is 4.12. The van der Waals surface area contributed by atoms with Crippen molar-refractivity contribution in [3.8, 4) is 11.5 Å². The Balaban J connectivity index is 2.52. The van der Waals surface area contributed by atoms with Crippen molar-refractivity contribution in [2.45, 2.75) is 0 Å². The second kappa shape index (κ2) is 3.88. The summed E-state index contributed by atoms with van der Waals surface area (Å²) in [5, 5.41) is 33.9. The van der Waals surface area contributed by atoms with Crippen molar-refractivity contribution in [1.29, 1.82) is 0 Å². The van der Waals surface area contributed by atoms with E-state index in [1.807, 2.05) is 0 Å². The van der Waals surface area contributed by atoms with Crippen molar-refractivity contribution < 1.29 is 19.3 Å². The van der Waals surface area contributed by atoms with Gasteiger partial charge in [0, 0.05) is 12.1 Å². The van der Waals surface area contributed by atoms with E-state index in [-0.39, 0.29) is 27.8 Å². The summed E-state index contributed by atoms with van der Waals surface area (Å²) in [6.45, 7) is 0. The number of ether oxygens (including phenoxy) is 1. The van der Waals surface area contributed by atoms with E-state index in [0.29, 0.717) is 15.2 Å². The van der Waals surface area contributed by atoms with Crippen LogP contribution in [0.3, 0.4) is 0 Å². The lowest BCUT2D eigenvalue weighted by molar-refractivity contribution is -0.591. The Hall–Kier alpha value is -2.76. The van der Waals surface area contributed by atoms with Gasteiger partial charge in [-0.3, -0.25) is 0 Å². The Morgan fingerprint density at radius 2 is 1.47 bits per heavy atom. The summed E-state index contributed by atoms with van der Waals surface area (Å²) in [5.41, 5.74) is 0.739. The second-order valence-corrected chi connectivity index (χ2v) is 4.12. The number of aromatic nitrogens is 2. The van der Waals surface area contributed by atoms with Gasteiger partial charge in [-0.25, -0.2) is 0 Å². The maximum atomic E-state index is 12.2. The fourth-order valence-corrected chi connectivity index (χ4v) is 2.07. The number of phenolic OH excluding ortho intramolecular Hbond substituents is 1. The molecule has 1 N–H and O–H groups in total. The van der Waals surface area contributed by atoms with Gasteiger partial charge < -0.3 is 20.3 Å². The van der Waals surface area contributed by atoms with Crippen molar-refractivity contribution in [1.82, 2.24) is 0 Å². The van der Waals surface area contributed by atoms with Gasteiger partial charge in [-0.1, -0.05) is 0 Å². The van der Waals surface area contributed by atoms with Gasteiger partial charge in [0.25, 0.3) is 22.1 Å². The molecule has 96 valence electrons. The summed E-state index contributed by atoms with van der Waals surface area (Å²) < 4.78 is 6.32. The topological polar surface area (TPSA) is 83.3 Å². The SMILES string of the molecule is COc1ccc2c(c1)[n+]([O-])c1ccc(O)cc1[n+]2[O-]. The van der Waals surface area contributed by atoms with Crippen LogP contribution < -0.4 is 14.2 Å². The minimum Gasteiger partial charge on any atom is -0.617 e. The third kappa shape index (κ3) is 1.57.